The van der Waals surface area contributed by atoms with Crippen LogP contribution in [0, 0.1) is 34.5 Å². The maximum Gasteiger partial charge on any atom is 0.162 e. The lowest BCUT2D eigenvalue weighted by Gasteiger charge is -2.44. The van der Waals surface area contributed by atoms with E-state index in [1.165, 1.54) is 5.57 Å². The molecule has 2 saturated carbocycles. The van der Waals surface area contributed by atoms with E-state index in [0.29, 0.717) is 36.3 Å². The molecule has 0 spiro atoms. The lowest BCUT2D eigenvalue weighted by molar-refractivity contribution is -0.186. The lowest BCUT2D eigenvalue weighted by Crippen LogP contribution is -2.41. The van der Waals surface area contributed by atoms with E-state index < -0.39 is 0 Å². The van der Waals surface area contributed by atoms with E-state index in [2.05, 4.69) is 27.4 Å². The van der Waals surface area contributed by atoms with Crippen LogP contribution in [0.2, 0.25) is 0 Å². The van der Waals surface area contributed by atoms with E-state index in [1.54, 1.807) is 0 Å². The molecule has 4 rings (SSSR count). The van der Waals surface area contributed by atoms with Crippen LogP contribution in [0.5, 0.6) is 0 Å². The quantitative estimate of drug-likeness (QED) is 0.229. The van der Waals surface area contributed by atoms with E-state index in [0.717, 1.165) is 75.7 Å². The largest absolute Gasteiger partial charge is 0.353 e. The molecule has 1 aliphatic heterocycles. The molecule has 0 N–H and O–H groups in total. The van der Waals surface area contributed by atoms with Gasteiger partial charge in [0.05, 0.1) is 13.2 Å². The zero-order valence-corrected chi connectivity index (χ0v) is 23.9. The highest BCUT2D eigenvalue weighted by atomic mass is 35.5. The fourth-order valence-corrected chi connectivity index (χ4v) is 8.13. The number of fused-ring (bicyclic) bond motifs is 1. The first kappa shape index (κ1) is 28.3. The van der Waals surface area contributed by atoms with Gasteiger partial charge in [0.1, 0.15) is 5.78 Å². The molecule has 0 radical (unpaired) electrons. The molecule has 0 aromatic carbocycles. The van der Waals surface area contributed by atoms with Gasteiger partial charge < -0.3 is 9.47 Å². The summed E-state index contributed by atoms with van der Waals surface area (Å²) in [7, 11) is 0. The first-order chi connectivity index (χ1) is 17.2. The molecule has 6 atom stereocenters. The van der Waals surface area contributed by atoms with Gasteiger partial charge in [-0.05, 0) is 82.0 Å². The Morgan fingerprint density at radius 1 is 1.14 bits per heavy atom. The van der Waals surface area contributed by atoms with Crippen LogP contribution in [0.25, 0.3) is 0 Å². The van der Waals surface area contributed by atoms with Gasteiger partial charge in [-0.2, -0.15) is 0 Å². The number of halogens is 2. The van der Waals surface area contributed by atoms with Gasteiger partial charge in [-0.3, -0.25) is 9.59 Å². The predicted molar refractivity (Wildman–Crippen MR) is 145 cm³/mol. The molecule has 6 heteroatoms. The number of alkyl halides is 2. The first-order valence-electron chi connectivity index (χ1n) is 14.0. The number of ether oxygens (including phenoxy) is 2. The Kier molecular flexibility index (Phi) is 9.13. The molecule has 0 amide bonds. The van der Waals surface area contributed by atoms with Crippen LogP contribution in [-0.2, 0) is 19.1 Å². The molecule has 6 unspecified atom stereocenters. The highest BCUT2D eigenvalue weighted by molar-refractivity contribution is 6.20. The molecule has 4 nitrogen and oxygen atoms in total. The van der Waals surface area contributed by atoms with Gasteiger partial charge >= 0.3 is 0 Å². The number of allylic oxidation sites excluding steroid dienone is 3. The Morgan fingerprint density at radius 2 is 1.86 bits per heavy atom. The van der Waals surface area contributed by atoms with Crippen LogP contribution in [0.4, 0.5) is 0 Å². The standard InChI is InChI=1S/C30H44Cl2O4/c1-19-6-11-30(21(3)18-32)15-24(28(34)27(30)22(19)4)14-23-7-9-29(16-25(23)33,20(2)17-31)10-8-26-35-12-5-13-36-26/h19-20,23-24,26H,3,5-18H2,1-2,4H3. The van der Waals surface area contributed by atoms with Crippen molar-refractivity contribution in [1.82, 2.24) is 0 Å². The van der Waals surface area contributed by atoms with E-state index >= 15 is 0 Å². The molecule has 0 aromatic rings. The molecule has 4 aliphatic rings. The fraction of sp³-hybridized carbons (Fsp3) is 0.800. The Hall–Kier alpha value is -0.680. The van der Waals surface area contributed by atoms with Gasteiger partial charge in [0.2, 0.25) is 0 Å². The highest BCUT2D eigenvalue weighted by Crippen LogP contribution is 2.59. The summed E-state index contributed by atoms with van der Waals surface area (Å²) in [5, 5.41) is 0. The van der Waals surface area contributed by atoms with Gasteiger partial charge in [0.25, 0.3) is 0 Å². The van der Waals surface area contributed by atoms with Crippen molar-refractivity contribution in [3.8, 4) is 0 Å². The minimum absolute atomic E-state index is 0.0587. The molecular weight excluding hydrogens is 495 g/mol. The van der Waals surface area contributed by atoms with E-state index in [-0.39, 0.29) is 40.7 Å². The third-order valence-corrected chi connectivity index (χ3v) is 11.0. The van der Waals surface area contributed by atoms with Crippen LogP contribution in [0.15, 0.2) is 23.3 Å². The average molecular weight is 540 g/mol. The third-order valence-electron chi connectivity index (χ3n) is 10.3. The maximum atomic E-state index is 13.8. The number of hydrogen-bond acceptors (Lipinski definition) is 4. The Balaban J connectivity index is 1.47. The Labute approximate surface area is 227 Å². The van der Waals surface area contributed by atoms with Gasteiger partial charge in [-0.15, -0.1) is 23.2 Å². The zero-order chi connectivity index (χ0) is 26.1. The number of carbonyl (C=O) groups is 2. The summed E-state index contributed by atoms with van der Waals surface area (Å²) in [6, 6.07) is 0. The van der Waals surface area contributed by atoms with Crippen LogP contribution < -0.4 is 0 Å². The highest BCUT2D eigenvalue weighted by Gasteiger charge is 2.54. The molecular formula is C30H44Cl2O4. The Morgan fingerprint density at radius 3 is 2.50 bits per heavy atom. The number of ketones is 2. The maximum absolute atomic E-state index is 13.8. The molecule has 1 heterocycles. The normalized spacial score (nSPS) is 36.8. The number of hydrogen-bond donors (Lipinski definition) is 0. The first-order valence-corrected chi connectivity index (χ1v) is 15.1. The van der Waals surface area contributed by atoms with Crippen molar-refractivity contribution >= 4 is 34.8 Å². The van der Waals surface area contributed by atoms with Gasteiger partial charge in [0, 0.05) is 41.0 Å². The summed E-state index contributed by atoms with van der Waals surface area (Å²) >= 11 is 12.6. The number of carbonyl (C=O) groups excluding carboxylic acids is 2. The van der Waals surface area contributed by atoms with Crippen molar-refractivity contribution in [3.63, 3.8) is 0 Å². The average Bonchev–Trinajstić information content (AvgIpc) is 3.18. The van der Waals surface area contributed by atoms with Crippen LogP contribution >= 0.6 is 23.2 Å². The summed E-state index contributed by atoms with van der Waals surface area (Å²) in [5.74, 6) is 1.94. The molecule has 202 valence electrons. The van der Waals surface area contributed by atoms with Gasteiger partial charge in [0.15, 0.2) is 12.1 Å². The molecule has 3 fully saturated rings. The second kappa shape index (κ2) is 11.6. The summed E-state index contributed by atoms with van der Waals surface area (Å²) < 4.78 is 11.6. The molecule has 0 bridgehead atoms. The van der Waals surface area contributed by atoms with Crippen LogP contribution in [-0.4, -0.2) is 42.8 Å². The smallest absolute Gasteiger partial charge is 0.162 e. The van der Waals surface area contributed by atoms with Crippen LogP contribution in [0.3, 0.4) is 0 Å². The summed E-state index contributed by atoms with van der Waals surface area (Å²) in [4.78, 5) is 27.4. The van der Waals surface area contributed by atoms with E-state index in [4.69, 9.17) is 32.7 Å². The molecule has 0 aromatic heterocycles. The SMILES string of the molecule is C=C(CCl)C12CCC(C)C(C)=C1C(=O)C(CC1CCC(CCC3OCCCO3)(C(C)CCl)CC1=O)C2. The summed E-state index contributed by atoms with van der Waals surface area (Å²) in [5.41, 5.74) is 2.73. The Bertz CT molecular complexity index is 891. The van der Waals surface area contributed by atoms with Crippen molar-refractivity contribution < 1.29 is 19.1 Å². The third kappa shape index (κ3) is 5.26. The second-order valence-electron chi connectivity index (χ2n) is 12.2. The van der Waals surface area contributed by atoms with Gasteiger partial charge in [-0.25, -0.2) is 0 Å². The topological polar surface area (TPSA) is 52.6 Å². The summed E-state index contributed by atoms with van der Waals surface area (Å²) in [6.45, 7) is 12.3. The second-order valence-corrected chi connectivity index (χ2v) is 12.8. The molecule has 36 heavy (non-hydrogen) atoms. The number of Topliss-reactive ketones (excluding diaryl/α,β-unsaturated/α-hetero) is 2. The van der Waals surface area contributed by atoms with Crippen molar-refractivity contribution in [1.29, 1.82) is 0 Å². The van der Waals surface area contributed by atoms with Crippen molar-refractivity contribution in [2.24, 2.45) is 34.5 Å². The van der Waals surface area contributed by atoms with E-state index in [9.17, 15) is 9.59 Å². The van der Waals surface area contributed by atoms with E-state index in [1.807, 2.05) is 0 Å². The monoisotopic (exact) mass is 538 g/mol. The minimum atomic E-state index is -0.297. The lowest BCUT2D eigenvalue weighted by atomic mass is 9.61. The minimum Gasteiger partial charge on any atom is -0.353 e. The fourth-order valence-electron chi connectivity index (χ4n) is 7.54. The van der Waals surface area contributed by atoms with Crippen molar-refractivity contribution in [2.75, 3.05) is 25.0 Å². The zero-order valence-electron chi connectivity index (χ0n) is 22.4. The molecule has 3 aliphatic carbocycles. The number of rotatable bonds is 9. The van der Waals surface area contributed by atoms with Crippen molar-refractivity contribution in [3.05, 3.63) is 23.3 Å². The van der Waals surface area contributed by atoms with Crippen LogP contribution in [0.1, 0.15) is 85.0 Å². The van der Waals surface area contributed by atoms with Gasteiger partial charge in [-0.1, -0.05) is 31.6 Å². The van der Waals surface area contributed by atoms with Crippen molar-refractivity contribution in [2.45, 2.75) is 91.3 Å². The summed E-state index contributed by atoms with van der Waals surface area (Å²) in [6.07, 6.45) is 8.19. The predicted octanol–water partition coefficient (Wildman–Crippen LogP) is 7.27. The molecule has 1 saturated heterocycles.